The lowest BCUT2D eigenvalue weighted by atomic mass is 9.66. The van der Waals surface area contributed by atoms with Gasteiger partial charge in [0.1, 0.15) is 0 Å². The minimum absolute atomic E-state index is 0.101. The molecule has 4 aliphatic rings. The maximum Gasteiger partial charge on any atom is 0.313 e. The normalized spacial score (nSPS) is 37.8. The Balaban J connectivity index is 1.33. The van der Waals surface area contributed by atoms with Gasteiger partial charge in [-0.25, -0.2) is 0 Å². The molecule has 6 nitrogen and oxygen atoms in total. The number of amides is 2. The Bertz CT molecular complexity index is 1010. The van der Waals surface area contributed by atoms with E-state index in [1.165, 1.54) is 0 Å². The van der Waals surface area contributed by atoms with E-state index in [4.69, 9.17) is 16.3 Å². The molecule has 2 saturated carbocycles. The third kappa shape index (κ3) is 2.74. The first-order valence-corrected chi connectivity index (χ1v) is 12.0. The molecule has 4 fully saturated rings. The van der Waals surface area contributed by atoms with Crippen LogP contribution in [0.1, 0.15) is 65.7 Å². The molecule has 32 heavy (non-hydrogen) atoms. The van der Waals surface area contributed by atoms with Gasteiger partial charge in [-0.05, 0) is 63.6 Å². The Hall–Kier alpha value is -2.08. The van der Waals surface area contributed by atoms with E-state index in [2.05, 4.69) is 5.32 Å². The number of nitrogens with one attached hydrogen (secondary N) is 1. The van der Waals surface area contributed by atoms with Crippen LogP contribution < -0.4 is 10.2 Å². The number of halogens is 1. The molecular weight excluding hydrogens is 428 g/mol. The van der Waals surface area contributed by atoms with Crippen LogP contribution in [-0.2, 0) is 19.1 Å². The highest BCUT2D eigenvalue weighted by Gasteiger charge is 2.75. The lowest BCUT2D eigenvalue weighted by Crippen LogP contribution is -2.57. The standard InChI is InChI=1S/C25H31ClN2O4/c1-22(2)23(3)10-11-25(22,32-21(23)31)19(29)27-17-7-5-9-24(15-17)12-13-28(20(24)30)18-8-4-6-16(26)14-18/h4,6,8,14,17H,5,7,9-13,15H2,1-3H3,(H,27,29)/t17-,23+,24?,25-/m1/s1. The zero-order valence-corrected chi connectivity index (χ0v) is 19.8. The van der Waals surface area contributed by atoms with E-state index < -0.39 is 21.8 Å². The third-order valence-electron chi connectivity index (χ3n) is 9.26. The van der Waals surface area contributed by atoms with Gasteiger partial charge < -0.3 is 15.0 Å². The molecule has 1 unspecified atom stereocenters. The lowest BCUT2D eigenvalue weighted by Gasteiger charge is -2.40. The van der Waals surface area contributed by atoms with E-state index in [0.717, 1.165) is 31.4 Å². The third-order valence-corrected chi connectivity index (χ3v) is 9.50. The summed E-state index contributed by atoms with van der Waals surface area (Å²) in [7, 11) is 0. The van der Waals surface area contributed by atoms with Crippen LogP contribution in [0.5, 0.6) is 0 Å². The lowest BCUT2D eigenvalue weighted by molar-refractivity contribution is -0.168. The predicted octanol–water partition coefficient (Wildman–Crippen LogP) is 4.24. The summed E-state index contributed by atoms with van der Waals surface area (Å²) in [5.41, 5.74) is -1.94. The number of ether oxygens (including phenoxy) is 1. The molecule has 2 aliphatic carbocycles. The minimum Gasteiger partial charge on any atom is -0.448 e. The summed E-state index contributed by atoms with van der Waals surface area (Å²) in [5, 5.41) is 3.81. The summed E-state index contributed by atoms with van der Waals surface area (Å²) in [5.74, 6) is -0.346. The highest BCUT2D eigenvalue weighted by molar-refractivity contribution is 6.31. The van der Waals surface area contributed by atoms with Gasteiger partial charge in [-0.15, -0.1) is 0 Å². The SMILES string of the molecule is CC1(C)[C@@]2(C)CC[C@]1(C(=O)N[C@@H]1CCCC3(CCN(c4cccc(Cl)c4)C3=O)C1)OC2=O. The van der Waals surface area contributed by atoms with Gasteiger partial charge in [0.25, 0.3) is 5.91 Å². The van der Waals surface area contributed by atoms with Crippen LogP contribution in [0.15, 0.2) is 24.3 Å². The van der Waals surface area contributed by atoms with Crippen molar-refractivity contribution in [2.75, 3.05) is 11.4 Å². The number of fused-ring (bicyclic) bond motifs is 2. The van der Waals surface area contributed by atoms with E-state index in [1.54, 1.807) is 6.07 Å². The fourth-order valence-corrected chi connectivity index (χ4v) is 6.85. The first kappa shape index (κ1) is 21.7. The van der Waals surface area contributed by atoms with Crippen molar-refractivity contribution < 1.29 is 19.1 Å². The van der Waals surface area contributed by atoms with Gasteiger partial charge in [0, 0.05) is 28.7 Å². The van der Waals surface area contributed by atoms with E-state index in [0.29, 0.717) is 30.8 Å². The van der Waals surface area contributed by atoms with Crippen LogP contribution in [0.3, 0.4) is 0 Å². The number of carbonyl (C=O) groups is 3. The number of esters is 1. The second-order valence-corrected chi connectivity index (χ2v) is 11.3. The van der Waals surface area contributed by atoms with Crippen molar-refractivity contribution in [1.82, 2.24) is 5.32 Å². The maximum absolute atomic E-state index is 13.5. The Morgan fingerprint density at radius 1 is 1.16 bits per heavy atom. The van der Waals surface area contributed by atoms with Crippen molar-refractivity contribution in [2.45, 2.75) is 77.4 Å². The second-order valence-electron chi connectivity index (χ2n) is 10.9. The summed E-state index contributed by atoms with van der Waals surface area (Å²) in [6.07, 6.45) is 5.15. The van der Waals surface area contributed by atoms with Gasteiger partial charge in [-0.2, -0.15) is 0 Å². The van der Waals surface area contributed by atoms with Gasteiger partial charge in [0.15, 0.2) is 5.60 Å². The Morgan fingerprint density at radius 2 is 1.94 bits per heavy atom. The molecule has 5 rings (SSSR count). The Labute approximate surface area is 194 Å². The van der Waals surface area contributed by atoms with Crippen LogP contribution in [0, 0.1) is 16.2 Å². The monoisotopic (exact) mass is 458 g/mol. The van der Waals surface area contributed by atoms with Crippen molar-refractivity contribution in [1.29, 1.82) is 0 Å². The highest BCUT2D eigenvalue weighted by atomic mass is 35.5. The smallest absolute Gasteiger partial charge is 0.313 e. The number of hydrogen-bond acceptors (Lipinski definition) is 4. The second kappa shape index (κ2) is 6.96. The highest BCUT2D eigenvalue weighted by Crippen LogP contribution is 2.65. The zero-order chi connectivity index (χ0) is 22.9. The van der Waals surface area contributed by atoms with Crippen LogP contribution in [0.4, 0.5) is 5.69 Å². The number of anilines is 1. The summed E-state index contributed by atoms with van der Waals surface area (Å²) >= 11 is 6.14. The van der Waals surface area contributed by atoms with Crippen molar-refractivity contribution in [3.05, 3.63) is 29.3 Å². The van der Waals surface area contributed by atoms with Crippen molar-refractivity contribution in [3.8, 4) is 0 Å². The van der Waals surface area contributed by atoms with Gasteiger partial charge in [-0.1, -0.05) is 37.9 Å². The van der Waals surface area contributed by atoms with E-state index in [-0.39, 0.29) is 23.8 Å². The number of hydrogen-bond donors (Lipinski definition) is 1. The maximum atomic E-state index is 13.5. The number of benzene rings is 1. The van der Waals surface area contributed by atoms with Crippen LogP contribution in [-0.4, -0.2) is 36.0 Å². The molecule has 172 valence electrons. The topological polar surface area (TPSA) is 75.7 Å². The van der Waals surface area contributed by atoms with Crippen LogP contribution in [0.2, 0.25) is 5.02 Å². The molecule has 2 saturated heterocycles. The number of rotatable bonds is 3. The molecular formula is C25H31ClN2O4. The van der Waals surface area contributed by atoms with Crippen LogP contribution >= 0.6 is 11.6 Å². The van der Waals surface area contributed by atoms with Gasteiger partial charge >= 0.3 is 5.97 Å². The largest absolute Gasteiger partial charge is 0.448 e. The molecule has 2 aliphatic heterocycles. The Morgan fingerprint density at radius 3 is 2.59 bits per heavy atom. The van der Waals surface area contributed by atoms with Gasteiger partial charge in [0.2, 0.25) is 5.91 Å². The molecule has 1 aromatic rings. The number of nitrogens with zero attached hydrogens (tertiary/aromatic N) is 1. The molecule has 1 N–H and O–H groups in total. The van der Waals surface area contributed by atoms with E-state index >= 15 is 0 Å². The molecule has 2 bridgehead atoms. The summed E-state index contributed by atoms with van der Waals surface area (Å²) in [6, 6.07) is 7.30. The molecule has 1 spiro atoms. The van der Waals surface area contributed by atoms with Gasteiger partial charge in [-0.3, -0.25) is 14.4 Å². The molecule has 1 aromatic carbocycles. The van der Waals surface area contributed by atoms with Crippen LogP contribution in [0.25, 0.3) is 0 Å². The molecule has 2 heterocycles. The van der Waals surface area contributed by atoms with Crippen molar-refractivity contribution in [2.24, 2.45) is 16.2 Å². The summed E-state index contributed by atoms with van der Waals surface area (Å²) in [4.78, 5) is 41.4. The quantitative estimate of drug-likeness (QED) is 0.687. The molecule has 2 amide bonds. The van der Waals surface area contributed by atoms with E-state index in [9.17, 15) is 14.4 Å². The first-order chi connectivity index (χ1) is 15.0. The average Bonchev–Trinajstić information content (AvgIpc) is 3.21. The predicted molar refractivity (Wildman–Crippen MR) is 121 cm³/mol. The fourth-order valence-electron chi connectivity index (χ4n) is 6.67. The van der Waals surface area contributed by atoms with E-state index in [1.807, 2.05) is 43.9 Å². The molecule has 0 aromatic heterocycles. The first-order valence-electron chi connectivity index (χ1n) is 11.7. The minimum atomic E-state index is -1.12. The summed E-state index contributed by atoms with van der Waals surface area (Å²) < 4.78 is 5.76. The molecule has 7 heteroatoms. The van der Waals surface area contributed by atoms with Crippen molar-refractivity contribution >= 4 is 35.1 Å². The Kier molecular flexibility index (Phi) is 4.73. The van der Waals surface area contributed by atoms with Gasteiger partial charge in [0.05, 0.1) is 10.8 Å². The number of carbonyl (C=O) groups excluding carboxylic acids is 3. The van der Waals surface area contributed by atoms with Crippen molar-refractivity contribution in [3.63, 3.8) is 0 Å². The average molecular weight is 459 g/mol. The molecule has 4 atom stereocenters. The fraction of sp³-hybridized carbons (Fsp3) is 0.640. The zero-order valence-electron chi connectivity index (χ0n) is 19.0. The molecule has 0 radical (unpaired) electrons. The summed E-state index contributed by atoms with van der Waals surface area (Å²) in [6.45, 7) is 6.51.